The zero-order chi connectivity index (χ0) is 14.0. The van der Waals surface area contributed by atoms with E-state index >= 15 is 0 Å². The van der Waals surface area contributed by atoms with Crippen molar-refractivity contribution in [1.82, 2.24) is 5.16 Å². The van der Waals surface area contributed by atoms with Crippen LogP contribution in [-0.4, -0.2) is 16.2 Å². The molecule has 1 N–H and O–H groups in total. The maximum absolute atomic E-state index is 11.5. The molecule has 0 aliphatic carbocycles. The van der Waals surface area contributed by atoms with Gasteiger partial charge in [0.25, 0.3) is 0 Å². The molecule has 0 aliphatic rings. The first kappa shape index (κ1) is 13.6. The molecule has 4 nitrogen and oxygen atoms in total. The maximum atomic E-state index is 11.5. The predicted molar refractivity (Wildman–Crippen MR) is 71.5 cm³/mol. The molecule has 0 saturated carbocycles. The number of rotatable bonds is 4. The number of carboxylic acid groups (broad SMARTS) is 1. The zero-order valence-electron chi connectivity index (χ0n) is 10.7. The van der Waals surface area contributed by atoms with Gasteiger partial charge in [-0.2, -0.15) is 0 Å². The molecule has 0 amide bonds. The van der Waals surface area contributed by atoms with E-state index in [1.165, 1.54) is 0 Å². The fourth-order valence-electron chi connectivity index (χ4n) is 2.07. The van der Waals surface area contributed by atoms with Gasteiger partial charge in [-0.1, -0.05) is 28.9 Å². The Hall–Kier alpha value is -1.81. The van der Waals surface area contributed by atoms with Crippen molar-refractivity contribution in [2.24, 2.45) is 0 Å². The molecular formula is C14H14ClNO3. The molecule has 100 valence electrons. The number of aliphatic carboxylic acids is 1. The summed E-state index contributed by atoms with van der Waals surface area (Å²) < 4.78 is 5.07. The van der Waals surface area contributed by atoms with Gasteiger partial charge >= 0.3 is 5.97 Å². The molecule has 0 bridgehead atoms. The topological polar surface area (TPSA) is 63.3 Å². The summed E-state index contributed by atoms with van der Waals surface area (Å²) in [7, 11) is 0. The van der Waals surface area contributed by atoms with E-state index in [4.69, 9.17) is 16.1 Å². The van der Waals surface area contributed by atoms with Crippen LogP contribution in [0.5, 0.6) is 0 Å². The Kier molecular flexibility index (Phi) is 3.90. The predicted octanol–water partition coefficient (Wildman–Crippen LogP) is 3.36. The number of aromatic nitrogens is 1. The molecule has 0 saturated heterocycles. The van der Waals surface area contributed by atoms with Crippen molar-refractivity contribution in [3.8, 4) is 0 Å². The van der Waals surface area contributed by atoms with Crippen molar-refractivity contribution >= 4 is 17.6 Å². The molecular weight excluding hydrogens is 266 g/mol. The molecule has 5 heteroatoms. The first-order valence-electron chi connectivity index (χ1n) is 5.89. The molecule has 1 aromatic carbocycles. The number of benzene rings is 1. The minimum absolute atomic E-state index is 0.344. The highest BCUT2D eigenvalue weighted by Gasteiger charge is 2.24. The SMILES string of the molecule is Cc1noc(C)c1CC(C(=O)O)c1cccc(Cl)c1. The number of halogens is 1. The molecule has 0 aliphatic heterocycles. The van der Waals surface area contributed by atoms with E-state index in [1.807, 2.05) is 6.92 Å². The van der Waals surface area contributed by atoms with E-state index in [0.717, 1.165) is 11.3 Å². The van der Waals surface area contributed by atoms with Crippen LogP contribution in [0.2, 0.25) is 5.02 Å². The first-order valence-corrected chi connectivity index (χ1v) is 6.27. The monoisotopic (exact) mass is 279 g/mol. The average Bonchev–Trinajstić information content (AvgIpc) is 2.66. The van der Waals surface area contributed by atoms with Crippen LogP contribution in [0.1, 0.15) is 28.5 Å². The van der Waals surface area contributed by atoms with E-state index < -0.39 is 11.9 Å². The Morgan fingerprint density at radius 1 is 1.47 bits per heavy atom. The van der Waals surface area contributed by atoms with Gasteiger partial charge in [0.05, 0.1) is 11.6 Å². The molecule has 0 radical (unpaired) electrons. The average molecular weight is 280 g/mol. The van der Waals surface area contributed by atoms with Crippen LogP contribution in [0.25, 0.3) is 0 Å². The molecule has 0 spiro atoms. The van der Waals surface area contributed by atoms with Gasteiger partial charge in [-0.3, -0.25) is 4.79 Å². The first-order chi connectivity index (χ1) is 8.99. The number of hydrogen-bond donors (Lipinski definition) is 1. The summed E-state index contributed by atoms with van der Waals surface area (Å²) in [6.45, 7) is 3.59. The van der Waals surface area contributed by atoms with Gasteiger partial charge in [-0.15, -0.1) is 0 Å². The number of nitrogens with zero attached hydrogens (tertiary/aromatic N) is 1. The molecule has 0 fully saturated rings. The lowest BCUT2D eigenvalue weighted by Gasteiger charge is -2.12. The summed E-state index contributed by atoms with van der Waals surface area (Å²) in [5.41, 5.74) is 2.25. The smallest absolute Gasteiger partial charge is 0.311 e. The summed E-state index contributed by atoms with van der Waals surface area (Å²) in [5, 5.41) is 13.8. The fourth-order valence-corrected chi connectivity index (χ4v) is 2.27. The second kappa shape index (κ2) is 5.45. The molecule has 2 aromatic rings. The number of aryl methyl sites for hydroxylation is 2. The van der Waals surface area contributed by atoms with Crippen LogP contribution in [0.3, 0.4) is 0 Å². The highest BCUT2D eigenvalue weighted by Crippen LogP contribution is 2.26. The molecule has 1 unspecified atom stereocenters. The molecule has 19 heavy (non-hydrogen) atoms. The summed E-state index contributed by atoms with van der Waals surface area (Å²) in [5.74, 6) is -0.886. The van der Waals surface area contributed by atoms with Gasteiger partial charge in [0.1, 0.15) is 5.76 Å². The third-order valence-corrected chi connectivity index (χ3v) is 3.37. The minimum atomic E-state index is -0.887. The Morgan fingerprint density at radius 2 is 2.21 bits per heavy atom. The fraction of sp³-hybridized carbons (Fsp3) is 0.286. The lowest BCUT2D eigenvalue weighted by atomic mass is 9.91. The molecule has 1 aromatic heterocycles. The van der Waals surface area contributed by atoms with E-state index in [1.54, 1.807) is 31.2 Å². The highest BCUT2D eigenvalue weighted by atomic mass is 35.5. The van der Waals surface area contributed by atoms with Crippen molar-refractivity contribution in [3.63, 3.8) is 0 Å². The highest BCUT2D eigenvalue weighted by molar-refractivity contribution is 6.30. The second-order valence-electron chi connectivity index (χ2n) is 4.45. The Labute approximate surface area is 116 Å². The summed E-state index contributed by atoms with van der Waals surface area (Å²) >= 11 is 5.91. The zero-order valence-corrected chi connectivity index (χ0v) is 11.4. The van der Waals surface area contributed by atoms with Crippen LogP contribution in [0.15, 0.2) is 28.8 Å². The molecule has 2 rings (SSSR count). The van der Waals surface area contributed by atoms with Gasteiger partial charge in [-0.25, -0.2) is 0 Å². The Bertz CT molecular complexity index is 587. The summed E-state index contributed by atoms with van der Waals surface area (Å²) in [6, 6.07) is 6.92. The van der Waals surface area contributed by atoms with Crippen molar-refractivity contribution in [1.29, 1.82) is 0 Å². The maximum Gasteiger partial charge on any atom is 0.311 e. The van der Waals surface area contributed by atoms with Crippen molar-refractivity contribution in [2.75, 3.05) is 0 Å². The Morgan fingerprint density at radius 3 is 2.74 bits per heavy atom. The van der Waals surface area contributed by atoms with Crippen LogP contribution < -0.4 is 0 Å². The van der Waals surface area contributed by atoms with E-state index in [2.05, 4.69) is 5.16 Å². The standard InChI is InChI=1S/C14H14ClNO3/c1-8-12(9(2)19-16-8)7-13(14(17)18)10-4-3-5-11(15)6-10/h3-6,13H,7H2,1-2H3,(H,17,18). The van der Waals surface area contributed by atoms with Gasteiger partial charge in [-0.05, 0) is 38.0 Å². The molecule has 1 atom stereocenters. The number of carboxylic acids is 1. The molecule has 1 heterocycles. The summed E-state index contributed by atoms with van der Waals surface area (Å²) in [4.78, 5) is 11.5. The number of carbonyl (C=O) groups is 1. The van der Waals surface area contributed by atoms with Crippen LogP contribution >= 0.6 is 11.6 Å². The lowest BCUT2D eigenvalue weighted by molar-refractivity contribution is -0.138. The van der Waals surface area contributed by atoms with Gasteiger partial charge in [0.2, 0.25) is 0 Å². The van der Waals surface area contributed by atoms with Gasteiger partial charge in [0, 0.05) is 10.6 Å². The van der Waals surface area contributed by atoms with Crippen molar-refractivity contribution in [2.45, 2.75) is 26.2 Å². The van der Waals surface area contributed by atoms with Crippen LogP contribution in [0, 0.1) is 13.8 Å². The number of hydrogen-bond acceptors (Lipinski definition) is 3. The van der Waals surface area contributed by atoms with Crippen molar-refractivity contribution in [3.05, 3.63) is 51.9 Å². The van der Waals surface area contributed by atoms with E-state index in [0.29, 0.717) is 22.8 Å². The third kappa shape index (κ3) is 2.96. The lowest BCUT2D eigenvalue weighted by Crippen LogP contribution is -2.15. The second-order valence-corrected chi connectivity index (χ2v) is 4.89. The quantitative estimate of drug-likeness (QED) is 0.932. The third-order valence-electron chi connectivity index (χ3n) is 3.14. The van der Waals surface area contributed by atoms with E-state index in [-0.39, 0.29) is 0 Å². The van der Waals surface area contributed by atoms with Gasteiger partial charge in [0.15, 0.2) is 0 Å². The van der Waals surface area contributed by atoms with Crippen LogP contribution in [-0.2, 0) is 11.2 Å². The Balaban J connectivity index is 2.35. The largest absolute Gasteiger partial charge is 0.481 e. The van der Waals surface area contributed by atoms with Crippen LogP contribution in [0.4, 0.5) is 0 Å². The normalized spacial score (nSPS) is 12.4. The van der Waals surface area contributed by atoms with Gasteiger partial charge < -0.3 is 9.63 Å². The minimum Gasteiger partial charge on any atom is -0.481 e. The van der Waals surface area contributed by atoms with Crippen molar-refractivity contribution < 1.29 is 14.4 Å². The summed E-state index contributed by atoms with van der Waals surface area (Å²) in [6.07, 6.45) is 0.344. The van der Waals surface area contributed by atoms with E-state index in [9.17, 15) is 9.90 Å².